The van der Waals surface area contributed by atoms with Gasteiger partial charge >= 0.3 is 0 Å². The monoisotopic (exact) mass is 272 g/mol. The Morgan fingerprint density at radius 3 is 2.89 bits per heavy atom. The second-order valence-corrected chi connectivity index (χ2v) is 5.37. The summed E-state index contributed by atoms with van der Waals surface area (Å²) in [5.41, 5.74) is 2.14. The summed E-state index contributed by atoms with van der Waals surface area (Å²) in [6.07, 6.45) is 1.38. The Balaban J connectivity index is 2.06. The number of aryl methyl sites for hydroxylation is 2. The number of rotatable bonds is 5. The molecule has 0 aliphatic rings. The Morgan fingerprint density at radius 2 is 2.16 bits per heavy atom. The number of nitriles is 1. The van der Waals surface area contributed by atoms with Gasteiger partial charge in [-0.25, -0.2) is 4.98 Å². The standard InChI is InChI=1S/C15H16N2OS/c1-3-12-6-4-5-7-13(12)18-10-15-17-11(2)14(19-15)8-9-16/h4-7H,3,8,10H2,1-2H3. The molecule has 0 radical (unpaired) electrons. The van der Waals surface area contributed by atoms with Crippen LogP contribution in [-0.4, -0.2) is 4.98 Å². The molecule has 1 aromatic heterocycles. The van der Waals surface area contributed by atoms with Gasteiger partial charge in [-0.3, -0.25) is 0 Å². The zero-order chi connectivity index (χ0) is 13.7. The molecule has 0 spiro atoms. The molecule has 2 rings (SSSR count). The number of ether oxygens (including phenoxy) is 1. The average molecular weight is 272 g/mol. The zero-order valence-corrected chi connectivity index (χ0v) is 12.0. The van der Waals surface area contributed by atoms with E-state index in [0.717, 1.165) is 27.7 Å². The molecule has 1 aromatic carbocycles. The van der Waals surface area contributed by atoms with E-state index in [9.17, 15) is 0 Å². The minimum Gasteiger partial charge on any atom is -0.486 e. The number of nitrogens with zero attached hydrogens (tertiary/aromatic N) is 2. The van der Waals surface area contributed by atoms with Crippen molar-refractivity contribution in [3.05, 3.63) is 45.4 Å². The van der Waals surface area contributed by atoms with Gasteiger partial charge in [-0.15, -0.1) is 11.3 Å². The van der Waals surface area contributed by atoms with Gasteiger partial charge in [0.15, 0.2) is 0 Å². The van der Waals surface area contributed by atoms with Crippen LogP contribution >= 0.6 is 11.3 Å². The third-order valence-electron chi connectivity index (χ3n) is 2.88. The lowest BCUT2D eigenvalue weighted by atomic mass is 10.1. The lowest BCUT2D eigenvalue weighted by molar-refractivity contribution is 0.302. The quantitative estimate of drug-likeness (QED) is 0.834. The van der Waals surface area contributed by atoms with Gasteiger partial charge in [0.25, 0.3) is 0 Å². The van der Waals surface area contributed by atoms with Crippen LogP contribution in [0.5, 0.6) is 5.75 Å². The summed E-state index contributed by atoms with van der Waals surface area (Å²) in [6.45, 7) is 4.52. The van der Waals surface area contributed by atoms with E-state index < -0.39 is 0 Å². The predicted octanol–water partition coefficient (Wildman–Crippen LogP) is 3.66. The molecule has 0 unspecified atom stereocenters. The number of thiazole rings is 1. The van der Waals surface area contributed by atoms with Crippen LogP contribution < -0.4 is 4.74 Å². The van der Waals surface area contributed by atoms with Crippen molar-refractivity contribution in [1.29, 1.82) is 5.26 Å². The fourth-order valence-electron chi connectivity index (χ4n) is 1.86. The van der Waals surface area contributed by atoms with Gasteiger partial charge in [0.05, 0.1) is 18.2 Å². The highest BCUT2D eigenvalue weighted by atomic mass is 32.1. The van der Waals surface area contributed by atoms with E-state index in [-0.39, 0.29) is 0 Å². The summed E-state index contributed by atoms with van der Waals surface area (Å²) in [6, 6.07) is 10.2. The SMILES string of the molecule is CCc1ccccc1OCc1nc(C)c(CC#N)s1. The van der Waals surface area contributed by atoms with E-state index in [1.54, 1.807) is 11.3 Å². The molecule has 4 heteroatoms. The van der Waals surface area contributed by atoms with Gasteiger partial charge in [0.2, 0.25) is 0 Å². The fraction of sp³-hybridized carbons (Fsp3) is 0.333. The molecule has 0 bridgehead atoms. The van der Waals surface area contributed by atoms with Crippen LogP contribution in [0.4, 0.5) is 0 Å². The summed E-state index contributed by atoms with van der Waals surface area (Å²) in [7, 11) is 0. The Hall–Kier alpha value is -1.86. The Morgan fingerprint density at radius 1 is 1.37 bits per heavy atom. The lowest BCUT2D eigenvalue weighted by Gasteiger charge is -2.08. The molecule has 0 saturated carbocycles. The highest BCUT2D eigenvalue weighted by Crippen LogP contribution is 2.23. The van der Waals surface area contributed by atoms with Gasteiger partial charge in [-0.1, -0.05) is 25.1 Å². The van der Waals surface area contributed by atoms with Crippen molar-refractivity contribution in [2.24, 2.45) is 0 Å². The van der Waals surface area contributed by atoms with Gasteiger partial charge < -0.3 is 4.74 Å². The van der Waals surface area contributed by atoms with Crippen LogP contribution in [0, 0.1) is 18.3 Å². The van der Waals surface area contributed by atoms with Crippen molar-refractivity contribution in [1.82, 2.24) is 4.98 Å². The fourth-order valence-corrected chi connectivity index (χ4v) is 2.78. The highest BCUT2D eigenvalue weighted by molar-refractivity contribution is 7.11. The first-order valence-electron chi connectivity index (χ1n) is 6.27. The summed E-state index contributed by atoms with van der Waals surface area (Å²) >= 11 is 1.56. The molecule has 0 saturated heterocycles. The van der Waals surface area contributed by atoms with Crippen LogP contribution in [0.1, 0.15) is 28.1 Å². The Bertz CT molecular complexity index is 598. The molecule has 0 amide bonds. The minimum absolute atomic E-state index is 0.426. The van der Waals surface area contributed by atoms with Gasteiger partial charge in [0, 0.05) is 4.88 Å². The number of aromatic nitrogens is 1. The van der Waals surface area contributed by atoms with Gasteiger partial charge in [-0.2, -0.15) is 5.26 Å². The molecule has 19 heavy (non-hydrogen) atoms. The van der Waals surface area contributed by atoms with E-state index in [4.69, 9.17) is 10.00 Å². The normalized spacial score (nSPS) is 10.2. The molecule has 0 N–H and O–H groups in total. The molecule has 0 fully saturated rings. The van der Waals surface area contributed by atoms with Crippen molar-refractivity contribution < 1.29 is 4.74 Å². The maximum Gasteiger partial charge on any atom is 0.140 e. The predicted molar refractivity (Wildman–Crippen MR) is 76.3 cm³/mol. The van der Waals surface area contributed by atoms with Crippen LogP contribution in [0.3, 0.4) is 0 Å². The first-order chi connectivity index (χ1) is 9.24. The Kier molecular flexibility index (Phi) is 4.53. The van der Waals surface area contributed by atoms with Crippen molar-refractivity contribution in [3.63, 3.8) is 0 Å². The first kappa shape index (κ1) is 13.6. The van der Waals surface area contributed by atoms with Crippen molar-refractivity contribution >= 4 is 11.3 Å². The van der Waals surface area contributed by atoms with E-state index in [1.807, 2.05) is 25.1 Å². The minimum atomic E-state index is 0.426. The van der Waals surface area contributed by atoms with E-state index in [0.29, 0.717) is 13.0 Å². The zero-order valence-electron chi connectivity index (χ0n) is 11.1. The van der Waals surface area contributed by atoms with E-state index >= 15 is 0 Å². The molecular formula is C15H16N2OS. The summed E-state index contributed by atoms with van der Waals surface area (Å²) < 4.78 is 5.83. The molecule has 1 heterocycles. The third-order valence-corrected chi connectivity index (χ3v) is 4.01. The highest BCUT2D eigenvalue weighted by Gasteiger charge is 2.08. The average Bonchev–Trinajstić information content (AvgIpc) is 2.78. The summed E-state index contributed by atoms with van der Waals surface area (Å²) in [5.74, 6) is 0.916. The molecule has 0 atom stereocenters. The van der Waals surface area contributed by atoms with Gasteiger partial charge in [0.1, 0.15) is 17.4 Å². The van der Waals surface area contributed by atoms with Crippen LogP contribution in [0.25, 0.3) is 0 Å². The summed E-state index contributed by atoms with van der Waals surface area (Å²) in [5, 5.41) is 9.65. The number of para-hydroxylation sites is 1. The maximum atomic E-state index is 8.73. The molecular weight excluding hydrogens is 256 g/mol. The largest absolute Gasteiger partial charge is 0.486 e. The van der Waals surface area contributed by atoms with Crippen molar-refractivity contribution in [3.8, 4) is 11.8 Å². The van der Waals surface area contributed by atoms with E-state index in [2.05, 4.69) is 24.0 Å². The summed E-state index contributed by atoms with van der Waals surface area (Å²) in [4.78, 5) is 5.47. The van der Waals surface area contributed by atoms with E-state index in [1.165, 1.54) is 5.56 Å². The lowest BCUT2D eigenvalue weighted by Crippen LogP contribution is -1.97. The van der Waals surface area contributed by atoms with Crippen LogP contribution in [0.15, 0.2) is 24.3 Å². The van der Waals surface area contributed by atoms with Crippen LogP contribution in [-0.2, 0) is 19.4 Å². The van der Waals surface area contributed by atoms with Crippen molar-refractivity contribution in [2.45, 2.75) is 33.3 Å². The van der Waals surface area contributed by atoms with Crippen LogP contribution in [0.2, 0.25) is 0 Å². The molecule has 3 nitrogen and oxygen atoms in total. The topological polar surface area (TPSA) is 45.9 Å². The number of hydrogen-bond donors (Lipinski definition) is 0. The second kappa shape index (κ2) is 6.35. The number of hydrogen-bond acceptors (Lipinski definition) is 4. The van der Waals surface area contributed by atoms with Crippen molar-refractivity contribution in [2.75, 3.05) is 0 Å². The molecule has 0 aliphatic carbocycles. The third kappa shape index (κ3) is 3.33. The molecule has 98 valence electrons. The smallest absolute Gasteiger partial charge is 0.140 e. The molecule has 2 aromatic rings. The number of benzene rings is 1. The first-order valence-corrected chi connectivity index (χ1v) is 7.09. The second-order valence-electron chi connectivity index (χ2n) is 4.20. The maximum absolute atomic E-state index is 8.73. The van der Waals surface area contributed by atoms with Gasteiger partial charge in [-0.05, 0) is 25.0 Å². The Labute approximate surface area is 117 Å². The molecule has 0 aliphatic heterocycles.